The number of nitro groups is 1. The van der Waals surface area contributed by atoms with E-state index < -0.39 is 10.8 Å². The summed E-state index contributed by atoms with van der Waals surface area (Å²) in [5.74, 6) is -0.00994. The molecule has 9 heteroatoms. The van der Waals surface area contributed by atoms with E-state index in [4.69, 9.17) is 4.52 Å². The molecule has 0 unspecified atom stereocenters. The highest BCUT2D eigenvalue weighted by molar-refractivity contribution is 7.22. The van der Waals surface area contributed by atoms with Crippen LogP contribution in [0.4, 0.5) is 10.8 Å². The summed E-state index contributed by atoms with van der Waals surface area (Å²) < 4.78 is 5.82. The molecule has 134 valence electrons. The molecular weight excluding hydrogens is 368 g/mol. The molecule has 0 radical (unpaired) electrons. The van der Waals surface area contributed by atoms with Gasteiger partial charge < -0.3 is 4.52 Å². The molecule has 0 aliphatic rings. The predicted octanol–water partition coefficient (Wildman–Crippen LogP) is 4.42. The predicted molar refractivity (Wildman–Crippen MR) is 101 cm³/mol. The zero-order chi connectivity index (χ0) is 19.0. The van der Waals surface area contributed by atoms with Crippen molar-refractivity contribution in [3.05, 3.63) is 70.0 Å². The average molecular weight is 380 g/mol. The van der Waals surface area contributed by atoms with Gasteiger partial charge in [-0.1, -0.05) is 46.8 Å². The number of hydrogen-bond acceptors (Lipinski definition) is 7. The number of fused-ring (bicyclic) bond motifs is 1. The number of hydrogen-bond donors (Lipinski definition) is 1. The monoisotopic (exact) mass is 380 g/mol. The van der Waals surface area contributed by atoms with Crippen molar-refractivity contribution in [3.63, 3.8) is 0 Å². The van der Waals surface area contributed by atoms with E-state index in [9.17, 15) is 14.9 Å². The third-order valence-corrected chi connectivity index (χ3v) is 4.87. The number of non-ortho nitro benzene ring substituents is 1. The molecule has 0 atom stereocenters. The van der Waals surface area contributed by atoms with Gasteiger partial charge in [0.15, 0.2) is 5.13 Å². The summed E-state index contributed by atoms with van der Waals surface area (Å²) in [4.78, 5) is 27.5. The summed E-state index contributed by atoms with van der Waals surface area (Å²) in [5.41, 5.74) is 2.09. The fourth-order valence-electron chi connectivity index (χ4n) is 2.67. The Morgan fingerprint density at radius 2 is 2.00 bits per heavy atom. The number of anilines is 1. The van der Waals surface area contributed by atoms with Crippen molar-refractivity contribution < 1.29 is 14.2 Å². The van der Waals surface area contributed by atoms with Crippen LogP contribution in [-0.4, -0.2) is 21.0 Å². The Hall–Kier alpha value is -3.59. The molecule has 0 bridgehead atoms. The Morgan fingerprint density at radius 3 is 2.74 bits per heavy atom. The van der Waals surface area contributed by atoms with E-state index in [1.165, 1.54) is 12.1 Å². The van der Waals surface area contributed by atoms with Gasteiger partial charge >= 0.3 is 0 Å². The smallest absolute Gasteiger partial charge is 0.270 e. The lowest BCUT2D eigenvalue weighted by Gasteiger charge is -2.02. The minimum Gasteiger partial charge on any atom is -0.360 e. The second-order valence-corrected chi connectivity index (χ2v) is 6.74. The molecule has 2 heterocycles. The fourth-order valence-corrected chi connectivity index (χ4v) is 3.57. The van der Waals surface area contributed by atoms with Gasteiger partial charge in [-0.15, -0.1) is 0 Å². The first kappa shape index (κ1) is 16.9. The molecule has 27 heavy (non-hydrogen) atoms. The zero-order valence-electron chi connectivity index (χ0n) is 14.0. The van der Waals surface area contributed by atoms with E-state index in [1.807, 2.05) is 30.3 Å². The van der Waals surface area contributed by atoms with Crippen LogP contribution in [0.3, 0.4) is 0 Å². The molecule has 4 rings (SSSR count). The maximum atomic E-state index is 12.8. The van der Waals surface area contributed by atoms with Gasteiger partial charge in [0.25, 0.3) is 11.6 Å². The third kappa shape index (κ3) is 3.15. The molecule has 0 saturated heterocycles. The number of carbonyl (C=O) groups is 1. The number of carbonyl (C=O) groups excluding carboxylic acids is 1. The maximum absolute atomic E-state index is 12.8. The molecule has 1 N–H and O–H groups in total. The van der Waals surface area contributed by atoms with Gasteiger partial charge in [0, 0.05) is 17.7 Å². The van der Waals surface area contributed by atoms with Crippen LogP contribution in [0.1, 0.15) is 16.1 Å². The number of nitrogens with zero attached hydrogens (tertiary/aromatic N) is 3. The number of aryl methyl sites for hydroxylation is 1. The lowest BCUT2D eigenvalue weighted by atomic mass is 10.1. The Bertz CT molecular complexity index is 1170. The van der Waals surface area contributed by atoms with Crippen LogP contribution >= 0.6 is 11.3 Å². The van der Waals surface area contributed by atoms with Crippen LogP contribution in [0.5, 0.6) is 0 Å². The van der Waals surface area contributed by atoms with E-state index in [1.54, 1.807) is 13.0 Å². The minimum atomic E-state index is -0.468. The lowest BCUT2D eigenvalue weighted by molar-refractivity contribution is -0.384. The summed E-state index contributed by atoms with van der Waals surface area (Å²) >= 11 is 1.16. The maximum Gasteiger partial charge on any atom is 0.270 e. The SMILES string of the molecule is Cc1onc(-c2ccccc2)c1C(=O)Nc1nc2ccc([N+](=O)[O-])cc2s1. The van der Waals surface area contributed by atoms with E-state index >= 15 is 0 Å². The number of thiazole rings is 1. The van der Waals surface area contributed by atoms with Crippen molar-refractivity contribution in [2.75, 3.05) is 5.32 Å². The molecule has 8 nitrogen and oxygen atoms in total. The Kier molecular flexibility index (Phi) is 4.13. The Balaban J connectivity index is 1.66. The zero-order valence-corrected chi connectivity index (χ0v) is 14.8. The Morgan fingerprint density at radius 1 is 1.22 bits per heavy atom. The first-order valence-electron chi connectivity index (χ1n) is 7.91. The number of rotatable bonds is 4. The largest absolute Gasteiger partial charge is 0.360 e. The van der Waals surface area contributed by atoms with Crippen molar-refractivity contribution in [3.8, 4) is 11.3 Å². The Labute approximate surface area is 156 Å². The van der Waals surface area contributed by atoms with Gasteiger partial charge in [0.1, 0.15) is 17.0 Å². The number of benzene rings is 2. The second-order valence-electron chi connectivity index (χ2n) is 5.71. The van der Waals surface area contributed by atoms with Gasteiger partial charge in [0.2, 0.25) is 0 Å². The van der Waals surface area contributed by atoms with Crippen molar-refractivity contribution in [1.82, 2.24) is 10.1 Å². The molecule has 0 aliphatic heterocycles. The highest BCUT2D eigenvalue weighted by Gasteiger charge is 2.22. The van der Waals surface area contributed by atoms with E-state index in [0.717, 1.165) is 16.9 Å². The summed E-state index contributed by atoms with van der Waals surface area (Å²) in [5, 5.41) is 18.0. The number of amides is 1. The van der Waals surface area contributed by atoms with Crippen LogP contribution in [0.25, 0.3) is 21.5 Å². The van der Waals surface area contributed by atoms with Crippen LogP contribution in [-0.2, 0) is 0 Å². The van der Waals surface area contributed by atoms with Crippen LogP contribution < -0.4 is 5.32 Å². The van der Waals surface area contributed by atoms with Gasteiger partial charge in [0.05, 0.1) is 15.1 Å². The molecule has 1 amide bonds. The van der Waals surface area contributed by atoms with Gasteiger partial charge in [-0.25, -0.2) is 4.98 Å². The average Bonchev–Trinajstić information content (AvgIpc) is 3.24. The molecule has 0 spiro atoms. The van der Waals surface area contributed by atoms with Crippen molar-refractivity contribution in [1.29, 1.82) is 0 Å². The first-order chi connectivity index (χ1) is 13.0. The van der Waals surface area contributed by atoms with Crippen LogP contribution in [0.15, 0.2) is 53.1 Å². The van der Waals surface area contributed by atoms with Gasteiger partial charge in [-0.3, -0.25) is 20.2 Å². The fraction of sp³-hybridized carbons (Fsp3) is 0.0556. The third-order valence-electron chi connectivity index (χ3n) is 3.94. The molecule has 2 aromatic heterocycles. The number of aromatic nitrogens is 2. The highest BCUT2D eigenvalue weighted by atomic mass is 32.1. The molecule has 2 aromatic carbocycles. The van der Waals surface area contributed by atoms with Crippen LogP contribution in [0, 0.1) is 17.0 Å². The first-order valence-corrected chi connectivity index (χ1v) is 8.72. The second kappa shape index (κ2) is 6.61. The molecule has 0 saturated carbocycles. The van der Waals surface area contributed by atoms with Crippen molar-refractivity contribution in [2.45, 2.75) is 6.92 Å². The van der Waals surface area contributed by atoms with E-state index in [2.05, 4.69) is 15.5 Å². The topological polar surface area (TPSA) is 111 Å². The van der Waals surface area contributed by atoms with Crippen molar-refractivity contribution in [2.24, 2.45) is 0 Å². The quantitative estimate of drug-likeness (QED) is 0.414. The van der Waals surface area contributed by atoms with Gasteiger partial charge in [-0.05, 0) is 13.0 Å². The molecule has 4 aromatic rings. The van der Waals surface area contributed by atoms with E-state index in [-0.39, 0.29) is 5.69 Å². The number of nitro benzene ring substituents is 1. The molecule has 0 fully saturated rings. The van der Waals surface area contributed by atoms with E-state index in [0.29, 0.717) is 32.4 Å². The molecule has 0 aliphatic carbocycles. The summed E-state index contributed by atoms with van der Waals surface area (Å²) in [6.45, 7) is 1.66. The summed E-state index contributed by atoms with van der Waals surface area (Å²) in [6, 6.07) is 13.6. The summed E-state index contributed by atoms with van der Waals surface area (Å²) in [7, 11) is 0. The molecular formula is C18H12N4O4S. The summed E-state index contributed by atoms with van der Waals surface area (Å²) in [6.07, 6.45) is 0. The van der Waals surface area contributed by atoms with Crippen molar-refractivity contribution >= 4 is 38.3 Å². The van der Waals surface area contributed by atoms with Gasteiger partial charge in [-0.2, -0.15) is 0 Å². The highest BCUT2D eigenvalue weighted by Crippen LogP contribution is 2.31. The number of nitrogens with one attached hydrogen (secondary N) is 1. The standard InChI is InChI=1S/C18H12N4O4S/c1-10-15(16(21-26-10)11-5-3-2-4-6-11)17(23)20-18-19-13-8-7-12(22(24)25)9-14(13)27-18/h2-9H,1H3,(H,19,20,23). The minimum absolute atomic E-state index is 0.0229. The lowest BCUT2D eigenvalue weighted by Crippen LogP contribution is -2.13. The normalized spacial score (nSPS) is 10.9. The van der Waals surface area contributed by atoms with Crippen LogP contribution in [0.2, 0.25) is 0 Å².